The number of urea groups is 1. The average Bonchev–Trinajstić information content (AvgIpc) is 2.60. The van der Waals surface area contributed by atoms with E-state index in [1.54, 1.807) is 0 Å². The minimum absolute atomic E-state index is 0.167. The van der Waals surface area contributed by atoms with Gasteiger partial charge in [-0.15, -0.1) is 0 Å². The number of rotatable bonds is 12. The molecule has 1 aromatic rings. The lowest BCUT2D eigenvalue weighted by atomic mass is 10.3. The monoisotopic (exact) mass is 403 g/mol. The number of anilines is 1. The SMILES string of the molecule is CCO[Si](CCCNC(=O)Nc1ccc(S(=O)[O-])cc1)(OCC)OCC. The predicted octanol–water partition coefficient (Wildman–Crippen LogP) is 2.48. The number of carbonyl (C=O) groups is 1. The average molecular weight is 404 g/mol. The van der Waals surface area contributed by atoms with Crippen molar-refractivity contribution in [2.75, 3.05) is 31.7 Å². The summed E-state index contributed by atoms with van der Waals surface area (Å²) >= 11 is -2.28. The number of amides is 2. The first-order valence-electron chi connectivity index (χ1n) is 8.62. The van der Waals surface area contributed by atoms with E-state index >= 15 is 0 Å². The Hall–Kier alpha value is -1.30. The van der Waals surface area contributed by atoms with E-state index in [2.05, 4.69) is 10.6 Å². The van der Waals surface area contributed by atoms with E-state index in [1.165, 1.54) is 24.3 Å². The third kappa shape index (κ3) is 7.93. The lowest BCUT2D eigenvalue weighted by molar-refractivity contribution is 0.0708. The van der Waals surface area contributed by atoms with Gasteiger partial charge in [0.15, 0.2) is 0 Å². The summed E-state index contributed by atoms with van der Waals surface area (Å²) in [6, 6.07) is 6.16. The Labute approximate surface area is 158 Å². The molecule has 1 atom stereocenters. The number of carbonyl (C=O) groups excluding carboxylic acids is 1. The van der Waals surface area contributed by atoms with Gasteiger partial charge < -0.3 is 28.5 Å². The van der Waals surface area contributed by atoms with Crippen LogP contribution in [0.2, 0.25) is 6.04 Å². The molecule has 0 aliphatic heterocycles. The zero-order valence-electron chi connectivity index (χ0n) is 15.4. The van der Waals surface area contributed by atoms with Gasteiger partial charge in [0, 0.05) is 43.0 Å². The molecule has 0 aliphatic carbocycles. The highest BCUT2D eigenvalue weighted by atomic mass is 32.2. The Morgan fingerprint density at radius 1 is 1.08 bits per heavy atom. The molecule has 0 bridgehead atoms. The molecule has 8 nitrogen and oxygen atoms in total. The standard InChI is InChI=1S/C16H28N2O6SSi/c1-4-22-26(23-5-2,24-6-3)13-7-12-17-16(19)18-14-8-10-15(11-9-14)25(20)21/h8-11H,4-7,12-13H2,1-3H3,(H,20,21)(H2,17,18,19)/p-1. The lowest BCUT2D eigenvalue weighted by Crippen LogP contribution is -2.46. The largest absolute Gasteiger partial charge is 0.768 e. The molecular formula is C16H27N2O6SSi-. The Morgan fingerprint density at radius 2 is 1.62 bits per heavy atom. The number of benzene rings is 1. The van der Waals surface area contributed by atoms with E-state index in [4.69, 9.17) is 13.3 Å². The second-order valence-corrected chi connectivity index (χ2v) is 8.90. The molecule has 0 fully saturated rings. The van der Waals surface area contributed by atoms with E-state index in [-0.39, 0.29) is 10.9 Å². The van der Waals surface area contributed by atoms with Crippen molar-refractivity contribution in [2.45, 2.75) is 38.1 Å². The second kappa shape index (κ2) is 12.2. The van der Waals surface area contributed by atoms with Crippen LogP contribution in [0.25, 0.3) is 0 Å². The molecule has 2 N–H and O–H groups in total. The molecule has 0 aliphatic rings. The molecule has 148 valence electrons. The number of nitrogens with one attached hydrogen (secondary N) is 2. The van der Waals surface area contributed by atoms with Gasteiger partial charge in [0.1, 0.15) is 0 Å². The molecule has 0 saturated heterocycles. The highest BCUT2D eigenvalue weighted by Crippen LogP contribution is 2.18. The molecule has 26 heavy (non-hydrogen) atoms. The highest BCUT2D eigenvalue weighted by molar-refractivity contribution is 7.79. The van der Waals surface area contributed by atoms with Crippen molar-refractivity contribution in [1.82, 2.24) is 5.32 Å². The maximum atomic E-state index is 11.9. The minimum Gasteiger partial charge on any atom is -0.768 e. The third-order valence-corrected chi connectivity index (χ3v) is 7.15. The van der Waals surface area contributed by atoms with Crippen LogP contribution in [0.3, 0.4) is 0 Å². The molecule has 0 heterocycles. The van der Waals surface area contributed by atoms with Gasteiger partial charge in [-0.1, -0.05) is 0 Å². The predicted molar refractivity (Wildman–Crippen MR) is 101 cm³/mol. The van der Waals surface area contributed by atoms with E-state index in [1.807, 2.05) is 20.8 Å². The van der Waals surface area contributed by atoms with E-state index in [9.17, 15) is 13.6 Å². The first-order chi connectivity index (χ1) is 12.5. The smallest absolute Gasteiger partial charge is 0.500 e. The summed E-state index contributed by atoms with van der Waals surface area (Å²) in [6.07, 6.45) is 0.660. The fourth-order valence-corrected chi connectivity index (χ4v) is 5.30. The van der Waals surface area contributed by atoms with Crippen LogP contribution in [-0.4, -0.2) is 50.0 Å². The highest BCUT2D eigenvalue weighted by Gasteiger charge is 2.39. The third-order valence-electron chi connectivity index (χ3n) is 3.34. The maximum Gasteiger partial charge on any atom is 0.500 e. The van der Waals surface area contributed by atoms with Crippen molar-refractivity contribution in [3.63, 3.8) is 0 Å². The van der Waals surface area contributed by atoms with Crippen LogP contribution < -0.4 is 10.6 Å². The summed E-state index contributed by atoms with van der Waals surface area (Å²) in [6.45, 7) is 7.70. The molecule has 0 spiro atoms. The van der Waals surface area contributed by atoms with E-state index in [0.29, 0.717) is 44.5 Å². The molecule has 0 radical (unpaired) electrons. The Morgan fingerprint density at radius 3 is 2.08 bits per heavy atom. The minimum atomic E-state index is -2.69. The van der Waals surface area contributed by atoms with Crippen LogP contribution in [0.1, 0.15) is 27.2 Å². The molecule has 2 amide bonds. The molecular weight excluding hydrogens is 376 g/mol. The van der Waals surface area contributed by atoms with Crippen molar-refractivity contribution in [2.24, 2.45) is 0 Å². The van der Waals surface area contributed by atoms with Crippen molar-refractivity contribution < 1.29 is 26.8 Å². The van der Waals surface area contributed by atoms with Crippen LogP contribution in [-0.2, 0) is 24.4 Å². The van der Waals surface area contributed by atoms with Crippen molar-refractivity contribution >= 4 is 31.6 Å². The molecule has 1 aromatic carbocycles. The Kier molecular flexibility index (Phi) is 10.6. The topological polar surface area (TPSA) is 109 Å². The lowest BCUT2D eigenvalue weighted by Gasteiger charge is -2.28. The Balaban J connectivity index is 2.42. The molecule has 1 unspecified atom stereocenters. The van der Waals surface area contributed by atoms with Crippen molar-refractivity contribution in [1.29, 1.82) is 0 Å². The number of hydrogen-bond acceptors (Lipinski definition) is 6. The second-order valence-electron chi connectivity index (χ2n) is 5.23. The van der Waals surface area contributed by atoms with Gasteiger partial charge in [0.05, 0.1) is 0 Å². The summed E-state index contributed by atoms with van der Waals surface area (Å²) in [5, 5.41) is 5.40. The molecule has 1 rings (SSSR count). The Bertz CT molecular complexity index is 555. The fourth-order valence-electron chi connectivity index (χ4n) is 2.33. The molecule has 0 aromatic heterocycles. The summed E-state index contributed by atoms with van der Waals surface area (Å²) in [7, 11) is -2.69. The van der Waals surface area contributed by atoms with Gasteiger partial charge in [0.25, 0.3) is 0 Å². The summed E-state index contributed by atoms with van der Waals surface area (Å²) < 4.78 is 38.9. The van der Waals surface area contributed by atoms with Crippen molar-refractivity contribution in [3.8, 4) is 0 Å². The van der Waals surface area contributed by atoms with Crippen LogP contribution in [0.15, 0.2) is 29.2 Å². The molecule has 10 heteroatoms. The zero-order valence-corrected chi connectivity index (χ0v) is 17.2. The van der Waals surface area contributed by atoms with Gasteiger partial charge in [-0.2, -0.15) is 0 Å². The van der Waals surface area contributed by atoms with Crippen LogP contribution in [0, 0.1) is 0 Å². The van der Waals surface area contributed by atoms with Gasteiger partial charge in [-0.25, -0.2) is 4.79 Å². The van der Waals surface area contributed by atoms with Crippen molar-refractivity contribution in [3.05, 3.63) is 24.3 Å². The molecule has 0 saturated carbocycles. The summed E-state index contributed by atoms with van der Waals surface area (Å²) in [5.41, 5.74) is 0.512. The number of hydrogen-bond donors (Lipinski definition) is 2. The van der Waals surface area contributed by atoms with Gasteiger partial charge in [-0.3, -0.25) is 4.21 Å². The summed E-state index contributed by atoms with van der Waals surface area (Å²) in [5.74, 6) is 0. The van der Waals surface area contributed by atoms with E-state index < -0.39 is 19.9 Å². The van der Waals surface area contributed by atoms with Crippen LogP contribution in [0.5, 0.6) is 0 Å². The van der Waals surface area contributed by atoms with Gasteiger partial charge in [-0.05, 0) is 62.5 Å². The van der Waals surface area contributed by atoms with Gasteiger partial charge >= 0.3 is 14.8 Å². The zero-order chi connectivity index (χ0) is 19.4. The quantitative estimate of drug-likeness (QED) is 0.315. The van der Waals surface area contributed by atoms with Crippen LogP contribution >= 0.6 is 0 Å². The summed E-state index contributed by atoms with van der Waals surface area (Å²) in [4.78, 5) is 12.1. The fraction of sp³-hybridized carbons (Fsp3) is 0.562. The maximum absolute atomic E-state index is 11.9. The first kappa shape index (κ1) is 22.7. The normalized spacial score (nSPS) is 12.6. The first-order valence-corrected chi connectivity index (χ1v) is 11.6. The van der Waals surface area contributed by atoms with Crippen LogP contribution in [0.4, 0.5) is 10.5 Å². The van der Waals surface area contributed by atoms with Gasteiger partial charge in [0.2, 0.25) is 0 Å². The van der Waals surface area contributed by atoms with E-state index in [0.717, 1.165) is 0 Å².